The molecule has 15 rings (SSSR count). The highest BCUT2D eigenvalue weighted by Gasteiger charge is 2.40. The minimum absolute atomic E-state index is 0.170. The van der Waals surface area contributed by atoms with Gasteiger partial charge in [0, 0.05) is 32.7 Å². The number of benzene rings is 11. The maximum atomic E-state index is 6.16. The van der Waals surface area contributed by atoms with E-state index in [0.29, 0.717) is 11.8 Å². The lowest BCUT2D eigenvalue weighted by molar-refractivity contribution is 0.660. The van der Waals surface area contributed by atoms with Crippen LogP contribution in [0.3, 0.4) is 0 Å². The Kier molecular flexibility index (Phi) is 11.2. The Hall–Kier alpha value is -8.76. The first-order valence-electron chi connectivity index (χ1n) is 28.9. The highest BCUT2D eigenvalue weighted by molar-refractivity contribution is 7.21. The molecule has 0 unspecified atom stereocenters. The number of fused-ring (bicyclic) bond motifs is 13. The second kappa shape index (κ2) is 18.4. The van der Waals surface area contributed by atoms with E-state index >= 15 is 0 Å². The molecule has 0 aliphatic heterocycles. The molecule has 0 saturated carbocycles. The molecule has 2 aromatic heterocycles. The van der Waals surface area contributed by atoms with Gasteiger partial charge < -0.3 is 0 Å². The maximum absolute atomic E-state index is 6.16. The van der Waals surface area contributed by atoms with Crippen molar-refractivity contribution in [2.45, 2.75) is 78.1 Å². The van der Waals surface area contributed by atoms with Gasteiger partial charge in [-0.15, -0.1) is 11.3 Å². The lowest BCUT2D eigenvalue weighted by Crippen LogP contribution is -2.14. The van der Waals surface area contributed by atoms with Gasteiger partial charge in [-0.3, -0.25) is 0 Å². The van der Waals surface area contributed by atoms with Gasteiger partial charge in [-0.2, -0.15) is 0 Å². The third kappa shape index (κ3) is 7.37. The van der Waals surface area contributed by atoms with Crippen LogP contribution < -0.4 is 0 Å². The number of nitrogens with zero attached hydrogens (tertiary/aromatic N) is 2. The van der Waals surface area contributed by atoms with Crippen LogP contribution in [0.4, 0.5) is 0 Å². The number of rotatable bonds is 8. The van der Waals surface area contributed by atoms with Crippen LogP contribution in [-0.2, 0) is 10.8 Å². The first-order chi connectivity index (χ1) is 39.4. The van der Waals surface area contributed by atoms with E-state index in [0.717, 1.165) is 64.5 Å². The Balaban J connectivity index is 1.07. The Morgan fingerprint density at radius 2 is 0.630 bits per heavy atom. The SMILES string of the molecule is CC(C)c1ccccc1-c1ccccc1-c1ccc2c3ccc(-c4ccccc4-c4ccccc4C(C)C)cc3c3nc4c(-c5cccc6c5-c5ccccc5C6(C)C)sc(-c5cccc6c5-c5ccccc5C6(C)C)c4nc3c2c1. The quantitative estimate of drug-likeness (QED) is 0.142. The zero-order valence-electron chi connectivity index (χ0n) is 47.2. The molecule has 0 fully saturated rings. The molecular formula is C78H62N2S. The van der Waals surface area contributed by atoms with Gasteiger partial charge in [0.2, 0.25) is 0 Å². The fraction of sp³-hybridized carbons (Fsp3) is 0.154. The van der Waals surface area contributed by atoms with Gasteiger partial charge in [0.05, 0.1) is 20.8 Å². The molecule has 13 aromatic rings. The van der Waals surface area contributed by atoms with Crippen LogP contribution in [0.25, 0.3) is 131 Å². The van der Waals surface area contributed by atoms with E-state index in [1.165, 1.54) is 100 Å². The van der Waals surface area contributed by atoms with E-state index in [1.807, 2.05) is 11.3 Å². The number of hydrogen-bond donors (Lipinski definition) is 0. The first-order valence-corrected chi connectivity index (χ1v) is 29.7. The Bertz CT molecular complexity index is 4470. The molecule has 0 spiro atoms. The lowest BCUT2D eigenvalue weighted by Gasteiger charge is -2.21. The predicted molar refractivity (Wildman–Crippen MR) is 346 cm³/mol. The van der Waals surface area contributed by atoms with E-state index in [-0.39, 0.29) is 10.8 Å². The summed E-state index contributed by atoms with van der Waals surface area (Å²) in [5.41, 5.74) is 28.7. The summed E-state index contributed by atoms with van der Waals surface area (Å²) < 4.78 is 0. The van der Waals surface area contributed by atoms with Gasteiger partial charge in [-0.25, -0.2) is 9.97 Å². The highest BCUT2D eigenvalue weighted by atomic mass is 32.1. The standard InChI is InChI=1S/C78H62N2S/c1-45(2)49-23-9-13-27-53(49)55-29-15-11-25-51(55)47-39-41-57-58-42-40-48(52-26-12-16-30-56(52)54-28-14-10-24-50(54)46(3)4)44-64(58)72-71(63(57)43-47)79-73-74(80-72)76(62-34-22-38-68-70(62)60-32-18-20-36-66(60)78(68,7)8)81-75(73)61-33-21-37-67-69(61)59-31-17-19-35-65(59)77(67,5)6/h9-46H,1-8H3. The average Bonchev–Trinajstić information content (AvgIpc) is 2.57. The van der Waals surface area contributed by atoms with Crippen molar-refractivity contribution in [3.8, 4) is 87.6 Å². The summed E-state index contributed by atoms with van der Waals surface area (Å²) in [6.07, 6.45) is 0. The summed E-state index contributed by atoms with van der Waals surface area (Å²) in [5.74, 6) is 0.739. The van der Waals surface area contributed by atoms with Crippen molar-refractivity contribution in [1.29, 1.82) is 0 Å². The fourth-order valence-corrected chi connectivity index (χ4v) is 15.5. The van der Waals surface area contributed by atoms with Crippen LogP contribution in [0.2, 0.25) is 0 Å². The van der Waals surface area contributed by atoms with Crippen LogP contribution in [0, 0.1) is 0 Å². The summed E-state index contributed by atoms with van der Waals surface area (Å²) in [7, 11) is 0. The molecule has 11 aromatic carbocycles. The van der Waals surface area contributed by atoms with Gasteiger partial charge >= 0.3 is 0 Å². The molecule has 0 atom stereocenters. The summed E-state index contributed by atoms with van der Waals surface area (Å²) >= 11 is 1.86. The van der Waals surface area contributed by atoms with Gasteiger partial charge in [-0.1, -0.05) is 262 Å². The number of aromatic nitrogens is 2. The molecule has 0 saturated heterocycles. The first kappa shape index (κ1) is 49.3. The van der Waals surface area contributed by atoms with Gasteiger partial charge in [-0.05, 0) is 135 Å². The Morgan fingerprint density at radius 1 is 0.296 bits per heavy atom. The molecule has 2 aliphatic rings. The number of thiophene rings is 1. The summed E-state index contributed by atoms with van der Waals surface area (Å²) in [6.45, 7) is 18.7. The zero-order chi connectivity index (χ0) is 55.1. The predicted octanol–water partition coefficient (Wildman–Crippen LogP) is 22.0. The molecule has 0 radical (unpaired) electrons. The zero-order valence-corrected chi connectivity index (χ0v) is 48.1. The highest BCUT2D eigenvalue weighted by Crippen LogP contribution is 2.58. The van der Waals surface area contributed by atoms with Crippen LogP contribution in [0.15, 0.2) is 218 Å². The minimum atomic E-state index is -0.170. The third-order valence-corrected chi connectivity index (χ3v) is 19.5. The van der Waals surface area contributed by atoms with Gasteiger partial charge in [0.1, 0.15) is 11.0 Å². The molecule has 2 aliphatic carbocycles. The smallest absolute Gasteiger partial charge is 0.109 e. The monoisotopic (exact) mass is 1060 g/mol. The van der Waals surface area contributed by atoms with Gasteiger partial charge in [0.15, 0.2) is 0 Å². The van der Waals surface area contributed by atoms with Crippen molar-refractivity contribution in [2.24, 2.45) is 0 Å². The fourth-order valence-electron chi connectivity index (χ4n) is 14.3. The van der Waals surface area contributed by atoms with Crippen LogP contribution in [0.1, 0.15) is 101 Å². The van der Waals surface area contributed by atoms with E-state index in [2.05, 4.69) is 274 Å². The Labute approximate surface area is 479 Å². The molecule has 2 nitrogen and oxygen atoms in total. The second-order valence-electron chi connectivity index (χ2n) is 24.3. The van der Waals surface area contributed by atoms with Crippen molar-refractivity contribution in [3.63, 3.8) is 0 Å². The van der Waals surface area contributed by atoms with Crippen LogP contribution in [0.5, 0.6) is 0 Å². The minimum Gasteiger partial charge on any atom is -0.242 e. The third-order valence-electron chi connectivity index (χ3n) is 18.3. The van der Waals surface area contributed by atoms with Crippen molar-refractivity contribution in [2.75, 3.05) is 0 Å². The molecule has 0 N–H and O–H groups in total. The van der Waals surface area contributed by atoms with Crippen LogP contribution in [-0.4, -0.2) is 9.97 Å². The summed E-state index contributed by atoms with van der Waals surface area (Å²) in [4.78, 5) is 14.6. The molecular weight excluding hydrogens is 997 g/mol. The van der Waals surface area contributed by atoms with Crippen LogP contribution >= 0.6 is 11.3 Å². The molecule has 0 bridgehead atoms. The molecule has 0 amide bonds. The molecule has 81 heavy (non-hydrogen) atoms. The lowest BCUT2D eigenvalue weighted by atomic mass is 9.82. The average molecular weight is 1060 g/mol. The van der Waals surface area contributed by atoms with E-state index < -0.39 is 0 Å². The van der Waals surface area contributed by atoms with Gasteiger partial charge in [0.25, 0.3) is 0 Å². The van der Waals surface area contributed by atoms with E-state index in [9.17, 15) is 0 Å². The van der Waals surface area contributed by atoms with E-state index in [4.69, 9.17) is 9.97 Å². The van der Waals surface area contributed by atoms with Crippen molar-refractivity contribution >= 4 is 54.9 Å². The summed E-state index contributed by atoms with van der Waals surface area (Å²) in [5, 5.41) is 4.51. The second-order valence-corrected chi connectivity index (χ2v) is 25.3. The largest absolute Gasteiger partial charge is 0.242 e. The Morgan fingerprint density at radius 3 is 1.04 bits per heavy atom. The summed E-state index contributed by atoms with van der Waals surface area (Å²) in [6, 6.07) is 81.9. The topological polar surface area (TPSA) is 25.8 Å². The molecule has 2 heterocycles. The number of hydrogen-bond acceptors (Lipinski definition) is 3. The normalized spacial score (nSPS) is 13.9. The van der Waals surface area contributed by atoms with E-state index in [1.54, 1.807) is 0 Å². The molecule has 3 heteroatoms. The van der Waals surface area contributed by atoms with Crippen molar-refractivity contribution < 1.29 is 0 Å². The van der Waals surface area contributed by atoms with Crippen molar-refractivity contribution in [1.82, 2.24) is 9.97 Å². The molecule has 390 valence electrons. The van der Waals surface area contributed by atoms with Crippen molar-refractivity contribution in [3.05, 3.63) is 252 Å². The maximum Gasteiger partial charge on any atom is 0.109 e.